The number of benzene rings is 3. The molecule has 3 aromatic carbocycles. The number of halogens is 1. The number of nitrogens with zero attached hydrogens (tertiary/aromatic N) is 1. The van der Waals surface area contributed by atoms with Crippen molar-refractivity contribution in [1.82, 2.24) is 5.43 Å². The van der Waals surface area contributed by atoms with Crippen LogP contribution in [0.15, 0.2) is 76.3 Å². The standard InChI is InChI=1S/C26H24BrN3O6/c1-3-14-35-22-9-4-17(5-10-22)26(33)36-23-13-6-19(27)15-18(23)16-28-30-25(32)24(31)29-20-7-11-21(34-2)12-8-20/h4-13,15-16H,3,14H2,1-2H3,(H,29,31)(H,30,32). The third-order valence-electron chi connectivity index (χ3n) is 4.66. The lowest BCUT2D eigenvalue weighted by Gasteiger charge is -2.09. The van der Waals surface area contributed by atoms with Crippen molar-refractivity contribution in [2.45, 2.75) is 13.3 Å². The zero-order chi connectivity index (χ0) is 25.9. The predicted molar refractivity (Wildman–Crippen MR) is 139 cm³/mol. The van der Waals surface area contributed by atoms with Crippen LogP contribution < -0.4 is 25.0 Å². The van der Waals surface area contributed by atoms with Gasteiger partial charge in [-0.15, -0.1) is 0 Å². The highest BCUT2D eigenvalue weighted by Crippen LogP contribution is 2.23. The highest BCUT2D eigenvalue weighted by molar-refractivity contribution is 9.10. The second-order valence-electron chi connectivity index (χ2n) is 7.33. The van der Waals surface area contributed by atoms with E-state index in [1.807, 2.05) is 6.92 Å². The highest BCUT2D eigenvalue weighted by Gasteiger charge is 2.14. The molecule has 0 aliphatic rings. The molecule has 0 saturated carbocycles. The van der Waals surface area contributed by atoms with Gasteiger partial charge in [0.25, 0.3) is 0 Å². The molecule has 0 aliphatic heterocycles. The van der Waals surface area contributed by atoms with Crippen LogP contribution in [0.3, 0.4) is 0 Å². The van der Waals surface area contributed by atoms with Crippen molar-refractivity contribution in [2.24, 2.45) is 5.10 Å². The summed E-state index contributed by atoms with van der Waals surface area (Å²) in [6.07, 6.45) is 2.15. The number of carbonyl (C=O) groups excluding carboxylic acids is 3. The lowest BCUT2D eigenvalue weighted by molar-refractivity contribution is -0.136. The Morgan fingerprint density at radius 1 is 0.944 bits per heavy atom. The molecule has 0 bridgehead atoms. The molecule has 0 heterocycles. The highest BCUT2D eigenvalue weighted by atomic mass is 79.9. The van der Waals surface area contributed by atoms with Crippen LogP contribution in [0.2, 0.25) is 0 Å². The molecule has 0 spiro atoms. The fourth-order valence-electron chi connectivity index (χ4n) is 2.85. The number of hydrogen-bond acceptors (Lipinski definition) is 7. The summed E-state index contributed by atoms with van der Waals surface area (Å²) >= 11 is 3.35. The molecule has 186 valence electrons. The van der Waals surface area contributed by atoms with Crippen molar-refractivity contribution in [3.63, 3.8) is 0 Å². The van der Waals surface area contributed by atoms with Gasteiger partial charge < -0.3 is 19.5 Å². The van der Waals surface area contributed by atoms with Crippen LogP contribution in [-0.2, 0) is 9.59 Å². The van der Waals surface area contributed by atoms with Crippen molar-refractivity contribution in [1.29, 1.82) is 0 Å². The van der Waals surface area contributed by atoms with Gasteiger partial charge in [0.1, 0.15) is 17.2 Å². The quantitative estimate of drug-likeness (QED) is 0.132. The van der Waals surface area contributed by atoms with E-state index in [-0.39, 0.29) is 5.75 Å². The first kappa shape index (κ1) is 26.4. The summed E-state index contributed by atoms with van der Waals surface area (Å²) in [4.78, 5) is 36.8. The maximum absolute atomic E-state index is 12.6. The van der Waals surface area contributed by atoms with E-state index in [1.165, 1.54) is 13.3 Å². The smallest absolute Gasteiger partial charge is 0.343 e. The summed E-state index contributed by atoms with van der Waals surface area (Å²) in [6, 6.07) is 18.0. The number of nitrogens with one attached hydrogen (secondary N) is 2. The van der Waals surface area contributed by atoms with Gasteiger partial charge in [0.05, 0.1) is 25.5 Å². The second-order valence-corrected chi connectivity index (χ2v) is 8.24. The summed E-state index contributed by atoms with van der Waals surface area (Å²) in [5, 5.41) is 6.27. The van der Waals surface area contributed by atoms with Crippen LogP contribution in [0.1, 0.15) is 29.3 Å². The van der Waals surface area contributed by atoms with E-state index in [2.05, 4.69) is 31.8 Å². The fourth-order valence-corrected chi connectivity index (χ4v) is 3.23. The van der Waals surface area contributed by atoms with E-state index in [0.29, 0.717) is 39.4 Å². The summed E-state index contributed by atoms with van der Waals surface area (Å²) in [5.74, 6) is -0.945. The zero-order valence-corrected chi connectivity index (χ0v) is 21.2. The maximum atomic E-state index is 12.6. The van der Waals surface area contributed by atoms with E-state index in [1.54, 1.807) is 66.7 Å². The van der Waals surface area contributed by atoms with Crippen molar-refractivity contribution >= 4 is 45.6 Å². The number of ether oxygens (including phenoxy) is 3. The average molecular weight is 554 g/mol. The SMILES string of the molecule is CCCOc1ccc(C(=O)Oc2ccc(Br)cc2C=NNC(=O)C(=O)Nc2ccc(OC)cc2)cc1. The van der Waals surface area contributed by atoms with Crippen molar-refractivity contribution in [3.8, 4) is 17.2 Å². The molecular weight excluding hydrogens is 530 g/mol. The van der Waals surface area contributed by atoms with E-state index in [4.69, 9.17) is 14.2 Å². The van der Waals surface area contributed by atoms with Gasteiger partial charge in [0, 0.05) is 15.7 Å². The minimum Gasteiger partial charge on any atom is -0.497 e. The molecule has 3 rings (SSSR count). The van der Waals surface area contributed by atoms with Crippen LogP contribution in [0.4, 0.5) is 5.69 Å². The molecular formula is C26H24BrN3O6. The Morgan fingerprint density at radius 2 is 1.64 bits per heavy atom. The third-order valence-corrected chi connectivity index (χ3v) is 5.15. The molecule has 0 unspecified atom stereocenters. The van der Waals surface area contributed by atoms with Gasteiger partial charge in [0.15, 0.2) is 0 Å². The second kappa shape index (κ2) is 13.1. The Balaban J connectivity index is 1.62. The Labute approximate surface area is 216 Å². The summed E-state index contributed by atoms with van der Waals surface area (Å²) in [5.41, 5.74) is 3.32. The topological polar surface area (TPSA) is 115 Å². The fraction of sp³-hybridized carbons (Fsp3) is 0.154. The molecule has 2 amide bonds. The maximum Gasteiger partial charge on any atom is 0.343 e. The normalized spacial score (nSPS) is 10.5. The Kier molecular flexibility index (Phi) is 9.58. The largest absolute Gasteiger partial charge is 0.497 e. The van der Waals surface area contributed by atoms with E-state index < -0.39 is 17.8 Å². The molecule has 0 radical (unpaired) electrons. The minimum absolute atomic E-state index is 0.218. The van der Waals surface area contributed by atoms with Crippen molar-refractivity contribution in [3.05, 3.63) is 82.3 Å². The molecule has 10 heteroatoms. The average Bonchev–Trinajstić information content (AvgIpc) is 2.89. The van der Waals surface area contributed by atoms with E-state index in [0.717, 1.165) is 6.42 Å². The molecule has 9 nitrogen and oxygen atoms in total. The van der Waals surface area contributed by atoms with Gasteiger partial charge in [-0.2, -0.15) is 5.10 Å². The summed E-state index contributed by atoms with van der Waals surface area (Å²) in [6.45, 7) is 2.60. The molecule has 36 heavy (non-hydrogen) atoms. The lowest BCUT2D eigenvalue weighted by Crippen LogP contribution is -2.32. The van der Waals surface area contributed by atoms with Gasteiger partial charge in [-0.25, -0.2) is 10.2 Å². The Bertz CT molecular complexity index is 1240. The lowest BCUT2D eigenvalue weighted by atomic mass is 10.2. The van der Waals surface area contributed by atoms with Crippen molar-refractivity contribution < 1.29 is 28.6 Å². The number of hydrazone groups is 1. The van der Waals surface area contributed by atoms with E-state index >= 15 is 0 Å². The number of esters is 1. The summed E-state index contributed by atoms with van der Waals surface area (Å²) < 4.78 is 16.8. The van der Waals surface area contributed by atoms with Gasteiger partial charge in [-0.1, -0.05) is 22.9 Å². The van der Waals surface area contributed by atoms with Crippen LogP contribution in [0.25, 0.3) is 0 Å². The monoisotopic (exact) mass is 553 g/mol. The summed E-state index contributed by atoms with van der Waals surface area (Å²) in [7, 11) is 1.53. The first-order chi connectivity index (χ1) is 17.4. The first-order valence-corrected chi connectivity index (χ1v) is 11.7. The van der Waals surface area contributed by atoms with Gasteiger partial charge in [-0.05, 0) is 73.2 Å². The number of methoxy groups -OCH3 is 1. The third kappa shape index (κ3) is 7.67. The first-order valence-electron chi connectivity index (χ1n) is 10.9. The number of hydrogen-bond donors (Lipinski definition) is 2. The molecule has 3 aromatic rings. The van der Waals surface area contributed by atoms with Gasteiger partial charge >= 0.3 is 17.8 Å². The van der Waals surface area contributed by atoms with Crippen LogP contribution in [-0.4, -0.2) is 37.7 Å². The van der Waals surface area contributed by atoms with Crippen LogP contribution in [0.5, 0.6) is 17.2 Å². The molecule has 0 fully saturated rings. The molecule has 0 saturated heterocycles. The Morgan fingerprint density at radius 3 is 2.31 bits per heavy atom. The number of anilines is 1. The minimum atomic E-state index is -0.971. The van der Waals surface area contributed by atoms with E-state index in [9.17, 15) is 14.4 Å². The number of amides is 2. The predicted octanol–water partition coefficient (Wildman–Crippen LogP) is 4.55. The van der Waals surface area contributed by atoms with Crippen LogP contribution in [0, 0.1) is 0 Å². The zero-order valence-electron chi connectivity index (χ0n) is 19.6. The van der Waals surface area contributed by atoms with Gasteiger partial charge in [0.2, 0.25) is 0 Å². The number of carbonyl (C=O) groups is 3. The molecule has 0 aromatic heterocycles. The Hall–Kier alpha value is -4.18. The van der Waals surface area contributed by atoms with Gasteiger partial charge in [-0.3, -0.25) is 9.59 Å². The molecule has 2 N–H and O–H groups in total. The number of rotatable bonds is 9. The van der Waals surface area contributed by atoms with Crippen molar-refractivity contribution in [2.75, 3.05) is 19.0 Å². The molecule has 0 atom stereocenters. The van der Waals surface area contributed by atoms with Crippen LogP contribution >= 0.6 is 15.9 Å². The molecule has 0 aliphatic carbocycles.